The highest BCUT2D eigenvalue weighted by molar-refractivity contribution is 5.67. The molecule has 0 N–H and O–H groups in total. The zero-order valence-corrected chi connectivity index (χ0v) is 13.9. The Bertz CT molecular complexity index is 494. The van der Waals surface area contributed by atoms with Crippen LogP contribution >= 0.6 is 0 Å². The summed E-state index contributed by atoms with van der Waals surface area (Å²) in [6.07, 6.45) is -5.58. The zero-order chi connectivity index (χ0) is 21.7. The highest BCUT2D eigenvalue weighted by Crippen LogP contribution is 2.18. The van der Waals surface area contributed by atoms with Gasteiger partial charge in [-0.25, -0.2) is 0 Å². The molecule has 0 saturated carbocycles. The average Bonchev–Trinajstić information content (AvgIpc) is 2.58. The number of carbonyl (C=O) groups excluding carboxylic acids is 3. The van der Waals surface area contributed by atoms with Gasteiger partial charge in [0.25, 0.3) is 0 Å². The third-order valence-corrected chi connectivity index (χ3v) is 2.67. The molecule has 0 aliphatic rings. The van der Waals surface area contributed by atoms with Crippen LogP contribution < -0.4 is 0 Å². The second-order valence-electron chi connectivity index (χ2n) is 4.60. The van der Waals surface area contributed by atoms with Crippen molar-refractivity contribution >= 4 is 17.9 Å². The van der Waals surface area contributed by atoms with E-state index in [9.17, 15) is 14.4 Å². The number of carbonyl (C=O) groups is 3. The van der Waals surface area contributed by atoms with E-state index in [1.807, 2.05) is 0 Å². The van der Waals surface area contributed by atoms with Gasteiger partial charge in [-0.2, -0.15) is 0 Å². The minimum Gasteiger partial charge on any atom is -0.463 e. The molecule has 0 aromatic rings. The summed E-state index contributed by atoms with van der Waals surface area (Å²) < 4.78 is 60.0. The second-order valence-corrected chi connectivity index (χ2v) is 4.60. The van der Waals surface area contributed by atoms with Crippen LogP contribution in [-0.4, -0.2) is 76.8 Å². The lowest BCUT2D eigenvalue weighted by Gasteiger charge is -2.34. The van der Waals surface area contributed by atoms with E-state index in [0.29, 0.717) is 0 Å². The van der Waals surface area contributed by atoms with Crippen molar-refractivity contribution in [3.63, 3.8) is 0 Å². The normalized spacial score (nSPS) is 19.3. The van der Waals surface area contributed by atoms with Crippen LogP contribution in [0.1, 0.15) is 26.3 Å². The van der Waals surface area contributed by atoms with E-state index >= 15 is 0 Å². The minimum absolute atomic E-state index is 0.358. The maximum Gasteiger partial charge on any atom is 0.303 e. The summed E-state index contributed by atoms with van der Waals surface area (Å²) in [5, 5.41) is 0. The molecule has 140 valence electrons. The molecule has 0 spiro atoms. The maximum absolute atomic E-state index is 11.6. The summed E-state index contributed by atoms with van der Waals surface area (Å²) >= 11 is 0. The van der Waals surface area contributed by atoms with Gasteiger partial charge >= 0.3 is 17.9 Å². The van der Waals surface area contributed by atoms with Crippen molar-refractivity contribution in [3.8, 4) is 0 Å². The van der Waals surface area contributed by atoms with Crippen molar-refractivity contribution in [2.45, 2.75) is 45.2 Å². The summed E-state index contributed by atoms with van der Waals surface area (Å²) in [6, 6.07) is 0. The lowest BCUT2D eigenvalue weighted by atomic mass is 10.0. The summed E-state index contributed by atoms with van der Waals surface area (Å²) in [6.45, 7) is 1.19. The van der Waals surface area contributed by atoms with Crippen molar-refractivity contribution in [2.75, 3.05) is 34.4 Å². The molecule has 0 bridgehead atoms. The zero-order valence-electron chi connectivity index (χ0n) is 17.9. The third kappa shape index (κ3) is 8.23. The first-order chi connectivity index (χ1) is 13.2. The molecule has 0 radical (unpaired) electrons. The van der Waals surface area contributed by atoms with Gasteiger partial charge in [0.1, 0.15) is 18.8 Å². The van der Waals surface area contributed by atoms with Crippen molar-refractivity contribution in [2.24, 2.45) is 0 Å². The van der Waals surface area contributed by atoms with Crippen LogP contribution in [0.3, 0.4) is 0 Å². The topological polar surface area (TPSA) is 107 Å². The summed E-state index contributed by atoms with van der Waals surface area (Å²) in [7, 11) is -1.80. The maximum atomic E-state index is 11.6. The van der Waals surface area contributed by atoms with Crippen molar-refractivity contribution in [3.05, 3.63) is 0 Å². The Morgan fingerprint density at radius 3 is 2.04 bits per heavy atom. The first kappa shape index (κ1) is 15.8. The van der Waals surface area contributed by atoms with E-state index in [2.05, 4.69) is 0 Å². The highest BCUT2D eigenvalue weighted by atomic mass is 16.6. The van der Waals surface area contributed by atoms with Gasteiger partial charge in [-0.3, -0.25) is 14.4 Å². The Labute approximate surface area is 147 Å². The van der Waals surface area contributed by atoms with Gasteiger partial charge in [0, 0.05) is 42.0 Å². The minimum atomic E-state index is -1.69. The molecule has 9 heteroatoms. The Morgan fingerprint density at radius 2 is 1.54 bits per heavy atom. The number of methoxy groups -OCH3 is 3. The molecule has 0 rings (SSSR count). The fraction of sp³-hybridized carbons (Fsp3) is 0.800. The molecule has 0 heterocycles. The number of hydrogen-bond acceptors (Lipinski definition) is 9. The molecule has 0 amide bonds. The van der Waals surface area contributed by atoms with E-state index in [1.54, 1.807) is 0 Å². The fourth-order valence-electron chi connectivity index (χ4n) is 1.82. The van der Waals surface area contributed by atoms with Crippen molar-refractivity contribution < 1.29 is 48.3 Å². The Morgan fingerprint density at radius 1 is 0.875 bits per heavy atom. The van der Waals surface area contributed by atoms with E-state index in [4.69, 9.17) is 33.9 Å². The Hall–Kier alpha value is -1.71. The number of ether oxygens (including phenoxy) is 6. The molecule has 5 atom stereocenters. The van der Waals surface area contributed by atoms with Gasteiger partial charge in [-0.15, -0.1) is 0 Å². The van der Waals surface area contributed by atoms with Crippen LogP contribution in [0, 0.1) is 0 Å². The first-order valence-corrected chi connectivity index (χ1v) is 6.80. The van der Waals surface area contributed by atoms with Crippen molar-refractivity contribution in [1.82, 2.24) is 0 Å². The molecule has 0 aromatic carbocycles. The second kappa shape index (κ2) is 11.8. The molecule has 24 heavy (non-hydrogen) atoms. The van der Waals surface area contributed by atoms with Crippen LogP contribution in [0.4, 0.5) is 0 Å². The van der Waals surface area contributed by atoms with Gasteiger partial charge in [-0.1, -0.05) is 0 Å². The predicted octanol–water partition coefficient (Wildman–Crippen LogP) is 0.0893. The summed E-state index contributed by atoms with van der Waals surface area (Å²) in [5.41, 5.74) is 0. The van der Waals surface area contributed by atoms with Gasteiger partial charge < -0.3 is 28.4 Å². The number of rotatable bonds is 11. The number of esters is 3. The molecular weight excluding hydrogens is 324 g/mol. The van der Waals surface area contributed by atoms with E-state index < -0.39 is 70.2 Å². The van der Waals surface area contributed by atoms with E-state index in [-0.39, 0.29) is 6.61 Å². The Kier molecular flexibility index (Phi) is 7.75. The molecule has 0 aliphatic heterocycles. The molecule has 1 unspecified atom stereocenters. The van der Waals surface area contributed by atoms with Crippen LogP contribution in [0.5, 0.6) is 0 Å². The fourth-order valence-corrected chi connectivity index (χ4v) is 1.82. The molecule has 9 nitrogen and oxygen atoms in total. The SMILES string of the molecule is [2H]COC[C@@H](OC(C)=O)[C@@H](OC(C)=O)[C@H](OC[2H])[C@@H](OC[2H])C([2H])OC(C)=O. The lowest BCUT2D eigenvalue weighted by Crippen LogP contribution is -2.52. The van der Waals surface area contributed by atoms with Crippen LogP contribution in [0.15, 0.2) is 0 Å². The smallest absolute Gasteiger partial charge is 0.303 e. The standard InChI is InChI=1S/C15H26O9/c1-9(16)22-8-12(20-5)14(21-6)15(24-11(3)18)13(7-19-4)23-10(2)17/h12-15H,7-8H2,1-6H3/t12-,13+,14+,15+/m0/s1/i4D,5D,6D,8D/t8?,12-,13+,14+,15+. The van der Waals surface area contributed by atoms with E-state index in [1.165, 1.54) is 0 Å². The molecule has 0 aliphatic carbocycles. The lowest BCUT2D eigenvalue weighted by molar-refractivity contribution is -0.196. The van der Waals surface area contributed by atoms with Crippen LogP contribution in [0.25, 0.3) is 0 Å². The van der Waals surface area contributed by atoms with E-state index in [0.717, 1.165) is 20.8 Å². The van der Waals surface area contributed by atoms with Gasteiger partial charge in [0.2, 0.25) is 0 Å². The molecule has 0 saturated heterocycles. The quantitative estimate of drug-likeness (QED) is 0.377. The molecule has 0 aromatic heterocycles. The average molecular weight is 354 g/mol. The van der Waals surface area contributed by atoms with Gasteiger partial charge in [-0.05, 0) is 0 Å². The summed E-state index contributed by atoms with van der Waals surface area (Å²) in [4.78, 5) is 34.2. The number of hydrogen-bond donors (Lipinski definition) is 0. The monoisotopic (exact) mass is 354 g/mol. The Balaban J connectivity index is 5.96. The highest BCUT2D eigenvalue weighted by Gasteiger charge is 2.40. The third-order valence-electron chi connectivity index (χ3n) is 2.67. The largest absolute Gasteiger partial charge is 0.463 e. The predicted molar refractivity (Wildman–Crippen MR) is 81.2 cm³/mol. The van der Waals surface area contributed by atoms with Crippen LogP contribution in [0.2, 0.25) is 0 Å². The van der Waals surface area contributed by atoms with Gasteiger partial charge in [0.05, 0.1) is 12.1 Å². The molecular formula is C15H26O9. The first-order valence-electron chi connectivity index (χ1n) is 9.50. The van der Waals surface area contributed by atoms with Gasteiger partial charge in [0.15, 0.2) is 12.2 Å². The summed E-state index contributed by atoms with van der Waals surface area (Å²) in [5.74, 6) is -2.35. The van der Waals surface area contributed by atoms with Crippen LogP contribution in [-0.2, 0) is 42.8 Å². The van der Waals surface area contributed by atoms with Crippen molar-refractivity contribution in [1.29, 1.82) is 0 Å². The molecule has 0 fully saturated rings.